The molecule has 0 radical (unpaired) electrons. The van der Waals surface area contributed by atoms with Crippen LogP contribution in [0, 0.1) is 5.82 Å². The molecule has 0 amide bonds. The van der Waals surface area contributed by atoms with Crippen molar-refractivity contribution < 1.29 is 48.1 Å². The topological polar surface area (TPSA) is 79.1 Å². The molecule has 17 heavy (non-hydrogen) atoms. The molecule has 1 aromatic carbocycles. The van der Waals surface area contributed by atoms with Crippen molar-refractivity contribution in [1.29, 1.82) is 0 Å². The van der Waals surface area contributed by atoms with Crippen LogP contribution in [0.3, 0.4) is 0 Å². The van der Waals surface area contributed by atoms with Gasteiger partial charge in [0.25, 0.3) is 0 Å². The van der Waals surface area contributed by atoms with E-state index in [1.165, 1.54) is 7.11 Å². The number of ether oxygens (including phenoxy) is 1. The van der Waals surface area contributed by atoms with Gasteiger partial charge in [0.1, 0.15) is 11.6 Å². The first-order chi connectivity index (χ1) is 8.01. The summed E-state index contributed by atoms with van der Waals surface area (Å²) >= 11 is 0.630. The summed E-state index contributed by atoms with van der Waals surface area (Å²) in [6, 6.07) is 1.86. The molecule has 92 valence electrons. The van der Waals surface area contributed by atoms with E-state index >= 15 is 0 Å². The van der Waals surface area contributed by atoms with E-state index in [4.69, 9.17) is 14.8 Å². The second-order valence-corrected chi connectivity index (χ2v) is 3.17. The van der Waals surface area contributed by atoms with Crippen molar-refractivity contribution in [2.24, 2.45) is 3.72 Å². The zero-order chi connectivity index (χ0) is 13.4. The van der Waals surface area contributed by atoms with Crippen molar-refractivity contribution in [2.45, 2.75) is 0 Å². The molecule has 0 aliphatic rings. The fourth-order valence-electron chi connectivity index (χ4n) is 1.15. The van der Waals surface area contributed by atoms with Gasteiger partial charge in [0.15, 0.2) is 6.29 Å². The molecule has 0 saturated heterocycles. The summed E-state index contributed by atoms with van der Waals surface area (Å²) in [5, 5.41) is 17.7. The Hall–Kier alpha value is -0.977. The number of nitrogens with zero attached hydrogens (tertiary/aromatic N) is 1. The number of benzene rings is 1. The maximum absolute atomic E-state index is 12.9. The third-order valence-corrected chi connectivity index (χ3v) is 1.72. The molecule has 0 unspecified atom stereocenters. The molecular weight excluding hydrogens is 407 g/mol. The average Bonchev–Trinajstić information content (AvgIpc) is 2.28. The SMILES string of the molecule is COc1c(C=O)cc(F)cc1B(O)O.F[N]=[W]. The number of hydrogen-bond donors (Lipinski definition) is 2. The van der Waals surface area contributed by atoms with Crippen LogP contribution in [0.5, 0.6) is 5.75 Å². The monoisotopic (exact) mass is 415 g/mol. The van der Waals surface area contributed by atoms with E-state index in [1.54, 1.807) is 0 Å². The summed E-state index contributed by atoms with van der Waals surface area (Å²) in [6.45, 7) is 0. The van der Waals surface area contributed by atoms with E-state index in [0.29, 0.717) is 25.9 Å². The Kier molecular flexibility index (Phi) is 7.69. The minimum absolute atomic E-state index is 0.0311. The molecule has 0 aliphatic carbocycles. The third kappa shape index (κ3) is 4.81. The van der Waals surface area contributed by atoms with Crippen LogP contribution < -0.4 is 10.2 Å². The standard InChI is InChI=1S/C8H8BFO4.FN.W/c1-14-8-5(4-11)2-6(10)3-7(8)9(12)13;1-2;/h2-4,12-13H,1H3;;. The fourth-order valence-corrected chi connectivity index (χ4v) is 1.15. The average molecular weight is 415 g/mol. The molecule has 0 bridgehead atoms. The van der Waals surface area contributed by atoms with Crippen LogP contribution in [-0.2, 0) is 19.6 Å². The Labute approximate surface area is 107 Å². The van der Waals surface area contributed by atoms with Gasteiger partial charge in [-0.3, -0.25) is 4.79 Å². The predicted molar refractivity (Wildman–Crippen MR) is 51.7 cm³/mol. The molecule has 0 spiro atoms. The summed E-state index contributed by atoms with van der Waals surface area (Å²) in [5.74, 6) is -0.757. The van der Waals surface area contributed by atoms with E-state index in [0.717, 1.165) is 12.1 Å². The normalized spacial score (nSPS) is 8.76. The van der Waals surface area contributed by atoms with Gasteiger partial charge in [0.05, 0.1) is 12.7 Å². The predicted octanol–water partition coefficient (Wildman–Crippen LogP) is -0.0721. The van der Waals surface area contributed by atoms with Crippen LogP contribution in [0.15, 0.2) is 15.9 Å². The van der Waals surface area contributed by atoms with Crippen molar-refractivity contribution in [2.75, 3.05) is 7.11 Å². The number of carbonyl (C=O) groups is 1. The maximum atomic E-state index is 12.9. The van der Waals surface area contributed by atoms with Crippen LogP contribution in [0.2, 0.25) is 0 Å². The van der Waals surface area contributed by atoms with Gasteiger partial charge in [-0.1, -0.05) is 0 Å². The van der Waals surface area contributed by atoms with Gasteiger partial charge in [-0.25, -0.2) is 4.39 Å². The molecular formula is C8H8BF2NO4W. The van der Waals surface area contributed by atoms with Crippen molar-refractivity contribution in [3.63, 3.8) is 0 Å². The molecule has 1 aromatic rings. The Morgan fingerprint density at radius 1 is 1.53 bits per heavy atom. The van der Waals surface area contributed by atoms with E-state index in [1.807, 2.05) is 0 Å². The molecule has 1 rings (SSSR count). The second kappa shape index (κ2) is 8.16. The molecule has 0 atom stereocenters. The van der Waals surface area contributed by atoms with Gasteiger partial charge in [0.2, 0.25) is 0 Å². The van der Waals surface area contributed by atoms with Gasteiger partial charge in [-0.15, -0.1) is 0 Å². The van der Waals surface area contributed by atoms with Crippen LogP contribution in [0.4, 0.5) is 8.87 Å². The second-order valence-electron chi connectivity index (χ2n) is 2.68. The van der Waals surface area contributed by atoms with Crippen LogP contribution in [-0.4, -0.2) is 30.6 Å². The van der Waals surface area contributed by atoms with E-state index < -0.39 is 12.9 Å². The third-order valence-electron chi connectivity index (χ3n) is 1.72. The summed E-state index contributed by atoms with van der Waals surface area (Å²) in [6.07, 6.45) is 0.383. The van der Waals surface area contributed by atoms with Gasteiger partial charge >= 0.3 is 34.9 Å². The van der Waals surface area contributed by atoms with Crippen molar-refractivity contribution in [3.8, 4) is 5.75 Å². The molecule has 2 N–H and O–H groups in total. The van der Waals surface area contributed by atoms with Gasteiger partial charge in [0, 0.05) is 5.46 Å². The van der Waals surface area contributed by atoms with Crippen LogP contribution in [0.25, 0.3) is 0 Å². The molecule has 9 heteroatoms. The minimum atomic E-state index is -1.88. The molecule has 0 saturated carbocycles. The summed E-state index contributed by atoms with van der Waals surface area (Å²) in [7, 11) is -0.620. The summed E-state index contributed by atoms with van der Waals surface area (Å²) in [5.41, 5.74) is -0.231. The Balaban J connectivity index is 0.000000770. The quantitative estimate of drug-likeness (QED) is 0.536. The van der Waals surface area contributed by atoms with Crippen LogP contribution >= 0.6 is 0 Å². The molecule has 5 nitrogen and oxygen atoms in total. The summed E-state index contributed by atoms with van der Waals surface area (Å²) in [4.78, 5) is 10.5. The van der Waals surface area contributed by atoms with Crippen molar-refractivity contribution in [3.05, 3.63) is 23.5 Å². The first-order valence-corrected chi connectivity index (χ1v) is 5.45. The van der Waals surface area contributed by atoms with Gasteiger partial charge < -0.3 is 14.8 Å². The van der Waals surface area contributed by atoms with Gasteiger partial charge in [-0.2, -0.15) is 0 Å². The Morgan fingerprint density at radius 2 is 2.06 bits per heavy atom. The van der Waals surface area contributed by atoms with Crippen molar-refractivity contribution in [1.82, 2.24) is 0 Å². The number of halogens is 2. The number of carbonyl (C=O) groups excluding carboxylic acids is 1. The zero-order valence-corrected chi connectivity index (χ0v) is 11.6. The molecule has 0 aliphatic heterocycles. The zero-order valence-electron chi connectivity index (χ0n) is 8.63. The fraction of sp³-hybridized carbons (Fsp3) is 0.125. The van der Waals surface area contributed by atoms with Crippen molar-refractivity contribution >= 4 is 18.9 Å². The summed E-state index contributed by atoms with van der Waals surface area (Å²) < 4.78 is 29.7. The van der Waals surface area contributed by atoms with E-state index in [-0.39, 0.29) is 16.8 Å². The number of hydrogen-bond acceptors (Lipinski definition) is 5. The van der Waals surface area contributed by atoms with E-state index in [2.05, 4.69) is 3.72 Å². The van der Waals surface area contributed by atoms with E-state index in [9.17, 15) is 13.7 Å². The first-order valence-electron chi connectivity index (χ1n) is 4.14. The molecule has 0 fully saturated rings. The number of rotatable bonds is 3. The van der Waals surface area contributed by atoms with Crippen LogP contribution in [0.1, 0.15) is 10.4 Å². The number of methoxy groups -OCH3 is 1. The Morgan fingerprint density at radius 3 is 2.41 bits per heavy atom. The first kappa shape index (κ1) is 16.0. The van der Waals surface area contributed by atoms with Gasteiger partial charge in [-0.05, 0) is 12.1 Å². The molecule has 0 aromatic heterocycles. The molecule has 0 heterocycles. The Bertz CT molecular complexity index is 405. The number of aldehydes is 1.